The van der Waals surface area contributed by atoms with E-state index in [9.17, 15) is 0 Å². The first-order chi connectivity index (χ1) is 8.60. The van der Waals surface area contributed by atoms with Crippen LogP contribution in [0, 0.1) is 0 Å². The quantitative estimate of drug-likeness (QED) is 0.528. The second kappa shape index (κ2) is 6.55. The maximum Gasteiger partial charge on any atom is 0.0701 e. The summed E-state index contributed by atoms with van der Waals surface area (Å²) in [7, 11) is 2.11. The average Bonchev–Trinajstić information content (AvgIpc) is 2.74. The van der Waals surface area contributed by atoms with Crippen LogP contribution in [0.25, 0.3) is 0 Å². The van der Waals surface area contributed by atoms with Crippen LogP contribution in [0.5, 0.6) is 0 Å². The standard InChI is InChI=1S/C13H12Br3NS/c1-17(7-9-4-13(16)18-8-9)11-3-2-10(6-14)12(15)5-11/h2-5,8H,6-7H2,1H3. The van der Waals surface area contributed by atoms with Gasteiger partial charge < -0.3 is 4.90 Å². The van der Waals surface area contributed by atoms with Gasteiger partial charge in [0.25, 0.3) is 0 Å². The summed E-state index contributed by atoms with van der Waals surface area (Å²) >= 11 is 12.3. The van der Waals surface area contributed by atoms with Gasteiger partial charge in [-0.25, -0.2) is 0 Å². The molecule has 2 aromatic rings. The van der Waals surface area contributed by atoms with Crippen LogP contribution in [0.4, 0.5) is 5.69 Å². The van der Waals surface area contributed by atoms with Gasteiger partial charge in [-0.15, -0.1) is 11.3 Å². The Morgan fingerprint density at radius 3 is 2.56 bits per heavy atom. The van der Waals surface area contributed by atoms with Gasteiger partial charge in [0.05, 0.1) is 3.79 Å². The van der Waals surface area contributed by atoms with Gasteiger partial charge in [-0.3, -0.25) is 0 Å². The SMILES string of the molecule is CN(Cc1csc(Br)c1)c1ccc(CBr)c(Br)c1. The minimum absolute atomic E-state index is 0.870. The molecule has 1 aromatic carbocycles. The molecule has 0 aliphatic rings. The molecule has 18 heavy (non-hydrogen) atoms. The highest BCUT2D eigenvalue weighted by Gasteiger charge is 2.06. The van der Waals surface area contributed by atoms with Gasteiger partial charge in [0.15, 0.2) is 0 Å². The molecule has 1 heterocycles. The van der Waals surface area contributed by atoms with Gasteiger partial charge in [0.1, 0.15) is 0 Å². The molecule has 0 unspecified atom stereocenters. The maximum absolute atomic E-state index is 3.60. The summed E-state index contributed by atoms with van der Waals surface area (Å²) in [4.78, 5) is 2.25. The first kappa shape index (κ1) is 14.6. The number of alkyl halides is 1. The van der Waals surface area contributed by atoms with E-state index in [2.05, 4.69) is 89.4 Å². The maximum atomic E-state index is 3.60. The van der Waals surface area contributed by atoms with Crippen molar-refractivity contribution in [1.82, 2.24) is 0 Å². The molecule has 0 saturated carbocycles. The molecule has 0 aliphatic heterocycles. The van der Waals surface area contributed by atoms with E-state index in [0.29, 0.717) is 0 Å². The zero-order chi connectivity index (χ0) is 13.1. The fraction of sp³-hybridized carbons (Fsp3) is 0.231. The molecule has 5 heteroatoms. The monoisotopic (exact) mass is 451 g/mol. The fourth-order valence-electron chi connectivity index (χ4n) is 1.68. The summed E-state index contributed by atoms with van der Waals surface area (Å²) < 4.78 is 2.33. The third-order valence-electron chi connectivity index (χ3n) is 2.66. The summed E-state index contributed by atoms with van der Waals surface area (Å²) in [5.41, 5.74) is 3.81. The zero-order valence-corrected chi connectivity index (χ0v) is 15.4. The van der Waals surface area contributed by atoms with E-state index in [4.69, 9.17) is 0 Å². The molecule has 0 aliphatic carbocycles. The fourth-order valence-corrected chi connectivity index (χ4v) is 4.25. The van der Waals surface area contributed by atoms with E-state index in [1.807, 2.05) is 0 Å². The second-order valence-electron chi connectivity index (χ2n) is 4.02. The third kappa shape index (κ3) is 3.59. The van der Waals surface area contributed by atoms with Crippen LogP contribution in [0.1, 0.15) is 11.1 Å². The molecule has 1 nitrogen and oxygen atoms in total. The summed E-state index contributed by atoms with van der Waals surface area (Å²) in [6, 6.07) is 8.64. The van der Waals surface area contributed by atoms with Crippen LogP contribution in [-0.2, 0) is 11.9 Å². The van der Waals surface area contributed by atoms with Crippen molar-refractivity contribution in [1.29, 1.82) is 0 Å². The van der Waals surface area contributed by atoms with Crippen LogP contribution in [0.3, 0.4) is 0 Å². The van der Waals surface area contributed by atoms with E-state index in [0.717, 1.165) is 16.3 Å². The lowest BCUT2D eigenvalue weighted by Gasteiger charge is -2.19. The highest BCUT2D eigenvalue weighted by molar-refractivity contribution is 9.11. The Balaban J connectivity index is 2.13. The lowest BCUT2D eigenvalue weighted by molar-refractivity contribution is 0.926. The molecule has 0 bridgehead atoms. The van der Waals surface area contributed by atoms with Crippen molar-refractivity contribution in [2.75, 3.05) is 11.9 Å². The van der Waals surface area contributed by atoms with E-state index >= 15 is 0 Å². The molecule has 1 aromatic heterocycles. The molecule has 0 amide bonds. The number of hydrogen-bond donors (Lipinski definition) is 0. The average molecular weight is 454 g/mol. The summed E-state index contributed by atoms with van der Waals surface area (Å²) in [6.45, 7) is 0.919. The van der Waals surface area contributed by atoms with Crippen molar-refractivity contribution in [2.45, 2.75) is 11.9 Å². The van der Waals surface area contributed by atoms with Crippen molar-refractivity contribution in [3.8, 4) is 0 Å². The van der Waals surface area contributed by atoms with Crippen LogP contribution < -0.4 is 4.90 Å². The minimum Gasteiger partial charge on any atom is -0.370 e. The van der Waals surface area contributed by atoms with E-state index < -0.39 is 0 Å². The number of hydrogen-bond acceptors (Lipinski definition) is 2. The van der Waals surface area contributed by atoms with E-state index in [1.165, 1.54) is 20.6 Å². The van der Waals surface area contributed by atoms with Gasteiger partial charge in [-0.1, -0.05) is 37.9 Å². The predicted molar refractivity (Wildman–Crippen MR) is 90.9 cm³/mol. The second-order valence-corrected chi connectivity index (χ2v) is 7.73. The van der Waals surface area contributed by atoms with E-state index in [1.54, 1.807) is 11.3 Å². The molecule has 0 N–H and O–H groups in total. The number of rotatable bonds is 4. The lowest BCUT2D eigenvalue weighted by Crippen LogP contribution is -2.15. The van der Waals surface area contributed by atoms with Gasteiger partial charge in [-0.05, 0) is 50.6 Å². The van der Waals surface area contributed by atoms with Crippen molar-refractivity contribution >= 4 is 64.8 Å². The highest BCUT2D eigenvalue weighted by Crippen LogP contribution is 2.27. The van der Waals surface area contributed by atoms with Crippen molar-refractivity contribution in [3.05, 3.63) is 49.0 Å². The van der Waals surface area contributed by atoms with Crippen LogP contribution in [-0.4, -0.2) is 7.05 Å². The molecule has 0 saturated heterocycles. The third-order valence-corrected chi connectivity index (χ3v) is 5.56. The van der Waals surface area contributed by atoms with Gasteiger partial charge in [0.2, 0.25) is 0 Å². The lowest BCUT2D eigenvalue weighted by atomic mass is 10.2. The molecule has 0 spiro atoms. The van der Waals surface area contributed by atoms with Gasteiger partial charge in [-0.2, -0.15) is 0 Å². The Bertz CT molecular complexity index is 539. The molecule has 0 atom stereocenters. The first-order valence-electron chi connectivity index (χ1n) is 5.38. The smallest absolute Gasteiger partial charge is 0.0701 e. The Labute approximate surface area is 137 Å². The van der Waals surface area contributed by atoms with Crippen LogP contribution in [0.15, 0.2) is 37.9 Å². The van der Waals surface area contributed by atoms with Gasteiger partial charge in [0, 0.05) is 29.1 Å². The van der Waals surface area contributed by atoms with Crippen LogP contribution in [0.2, 0.25) is 0 Å². The van der Waals surface area contributed by atoms with Gasteiger partial charge >= 0.3 is 0 Å². The number of thiophene rings is 1. The molecule has 96 valence electrons. The number of halogens is 3. The Morgan fingerprint density at radius 1 is 1.22 bits per heavy atom. The van der Waals surface area contributed by atoms with Crippen LogP contribution >= 0.6 is 59.1 Å². The molecular formula is C13H12Br3NS. The van der Waals surface area contributed by atoms with Crippen molar-refractivity contribution in [3.63, 3.8) is 0 Å². The number of anilines is 1. The Kier molecular flexibility index (Phi) is 5.30. The summed E-state index contributed by atoms with van der Waals surface area (Å²) in [5.74, 6) is 0. The molecular weight excluding hydrogens is 442 g/mol. The normalized spacial score (nSPS) is 10.7. The highest BCUT2D eigenvalue weighted by atomic mass is 79.9. The molecule has 0 fully saturated rings. The largest absolute Gasteiger partial charge is 0.370 e. The topological polar surface area (TPSA) is 3.24 Å². The minimum atomic E-state index is 0.870. The Hall–Kier alpha value is 0.160. The molecule has 0 radical (unpaired) electrons. The number of nitrogens with zero attached hydrogens (tertiary/aromatic N) is 1. The summed E-state index contributed by atoms with van der Waals surface area (Å²) in [5, 5.41) is 3.05. The predicted octanol–water partition coefficient (Wildman–Crippen LogP) is 5.80. The molecule has 2 rings (SSSR count). The van der Waals surface area contributed by atoms with E-state index in [-0.39, 0.29) is 0 Å². The number of benzene rings is 1. The summed E-state index contributed by atoms with van der Waals surface area (Å²) in [6.07, 6.45) is 0. The Morgan fingerprint density at radius 2 is 2.00 bits per heavy atom. The van der Waals surface area contributed by atoms with Crippen molar-refractivity contribution in [2.24, 2.45) is 0 Å². The zero-order valence-electron chi connectivity index (χ0n) is 9.79. The van der Waals surface area contributed by atoms with Crippen molar-refractivity contribution < 1.29 is 0 Å². The first-order valence-corrected chi connectivity index (χ1v) is 8.97.